The molecule has 6 heteroatoms. The van der Waals surface area contributed by atoms with E-state index in [9.17, 15) is 4.79 Å². The van der Waals surface area contributed by atoms with E-state index in [1.807, 2.05) is 24.3 Å². The number of nitrogens with zero attached hydrogens (tertiary/aromatic N) is 3. The zero-order chi connectivity index (χ0) is 27.6. The van der Waals surface area contributed by atoms with Crippen LogP contribution >= 0.6 is 0 Å². The van der Waals surface area contributed by atoms with Crippen molar-refractivity contribution in [2.75, 3.05) is 13.7 Å². The third-order valence-electron chi connectivity index (χ3n) is 7.03. The van der Waals surface area contributed by atoms with E-state index in [1.54, 1.807) is 13.2 Å². The number of imidazole rings is 1. The Morgan fingerprint density at radius 2 is 1.56 bits per heavy atom. The summed E-state index contributed by atoms with van der Waals surface area (Å²) in [5.74, 6) is 1.04. The van der Waals surface area contributed by atoms with Gasteiger partial charge in [-0.1, -0.05) is 93.4 Å². The predicted molar refractivity (Wildman–Crippen MR) is 159 cm³/mol. The van der Waals surface area contributed by atoms with Crippen LogP contribution in [0.25, 0.3) is 22.6 Å². The summed E-state index contributed by atoms with van der Waals surface area (Å²) in [7, 11) is 1.57. The molecule has 3 aromatic carbocycles. The van der Waals surface area contributed by atoms with Crippen molar-refractivity contribution in [3.8, 4) is 28.4 Å². The number of hydrogen-bond acceptors (Lipinski definition) is 4. The second-order valence-corrected chi connectivity index (χ2v) is 9.93. The van der Waals surface area contributed by atoms with Crippen LogP contribution in [0.5, 0.6) is 5.75 Å². The van der Waals surface area contributed by atoms with Crippen molar-refractivity contribution >= 4 is 5.91 Å². The number of amides is 1. The zero-order valence-electron chi connectivity index (χ0n) is 23.4. The highest BCUT2D eigenvalue weighted by atomic mass is 16.5. The number of nitrogens with two attached hydrogens (primary N) is 1. The molecule has 0 aliphatic rings. The van der Waals surface area contributed by atoms with Crippen molar-refractivity contribution in [2.45, 2.75) is 59.2 Å². The third-order valence-corrected chi connectivity index (χ3v) is 7.03. The first-order valence-corrected chi connectivity index (χ1v) is 13.9. The van der Waals surface area contributed by atoms with E-state index >= 15 is 0 Å². The number of ether oxygens (including phenoxy) is 1. The molecule has 4 rings (SSSR count). The molecule has 0 fully saturated rings. The lowest BCUT2D eigenvalue weighted by molar-refractivity contribution is 0.0997. The topological polar surface area (TPSA) is 73.4 Å². The molecular formula is C33H40N4O2. The smallest absolute Gasteiger partial charge is 0.252 e. The van der Waals surface area contributed by atoms with Crippen molar-refractivity contribution in [1.29, 1.82) is 0 Å². The molecule has 39 heavy (non-hydrogen) atoms. The Hall–Kier alpha value is -3.90. The number of carbonyl (C=O) groups excluding carboxylic acids is 1. The summed E-state index contributed by atoms with van der Waals surface area (Å²) in [6.45, 7) is 7.80. The second-order valence-electron chi connectivity index (χ2n) is 9.93. The Morgan fingerprint density at radius 3 is 2.18 bits per heavy atom. The van der Waals surface area contributed by atoms with Crippen molar-refractivity contribution in [3.05, 3.63) is 95.7 Å². The van der Waals surface area contributed by atoms with Gasteiger partial charge < -0.3 is 15.0 Å². The SMILES string of the molecule is CCCCN(Cc1ccc(C(N)=O)c(OC)c1)Cc1c(-c2ccccc2)nc(-c2ccccc2)n1CCCC. The average molecular weight is 525 g/mol. The van der Waals surface area contributed by atoms with Gasteiger partial charge in [0.2, 0.25) is 0 Å². The lowest BCUT2D eigenvalue weighted by Crippen LogP contribution is -2.26. The van der Waals surface area contributed by atoms with Gasteiger partial charge in [-0.05, 0) is 37.1 Å². The first-order valence-electron chi connectivity index (χ1n) is 13.9. The van der Waals surface area contributed by atoms with Crippen LogP contribution in [0.1, 0.15) is 61.1 Å². The summed E-state index contributed by atoms with van der Waals surface area (Å²) in [6, 6.07) is 26.7. The summed E-state index contributed by atoms with van der Waals surface area (Å²) in [4.78, 5) is 19.6. The molecule has 1 amide bonds. The molecule has 1 aromatic heterocycles. The fourth-order valence-electron chi connectivity index (χ4n) is 4.94. The summed E-state index contributed by atoms with van der Waals surface area (Å²) in [6.07, 6.45) is 4.39. The molecule has 0 aliphatic carbocycles. The predicted octanol–water partition coefficient (Wildman–Crippen LogP) is 6.93. The average Bonchev–Trinajstić information content (AvgIpc) is 3.33. The largest absolute Gasteiger partial charge is 0.496 e. The lowest BCUT2D eigenvalue weighted by Gasteiger charge is -2.24. The van der Waals surface area contributed by atoms with Crippen LogP contribution in [0.4, 0.5) is 0 Å². The summed E-state index contributed by atoms with van der Waals surface area (Å²) in [5.41, 5.74) is 11.5. The fraction of sp³-hybridized carbons (Fsp3) is 0.333. The van der Waals surface area contributed by atoms with Gasteiger partial charge in [0.05, 0.1) is 24.1 Å². The lowest BCUT2D eigenvalue weighted by atomic mass is 10.1. The van der Waals surface area contributed by atoms with Crippen molar-refractivity contribution in [1.82, 2.24) is 14.5 Å². The summed E-state index contributed by atoms with van der Waals surface area (Å²) >= 11 is 0. The van der Waals surface area contributed by atoms with Gasteiger partial charge in [-0.3, -0.25) is 9.69 Å². The van der Waals surface area contributed by atoms with E-state index in [4.69, 9.17) is 15.5 Å². The molecule has 0 radical (unpaired) electrons. The monoisotopic (exact) mass is 524 g/mol. The molecule has 0 unspecified atom stereocenters. The highest BCUT2D eigenvalue weighted by molar-refractivity contribution is 5.95. The van der Waals surface area contributed by atoms with Gasteiger partial charge >= 0.3 is 0 Å². The Kier molecular flexibility index (Phi) is 9.92. The van der Waals surface area contributed by atoms with Gasteiger partial charge in [-0.2, -0.15) is 0 Å². The van der Waals surface area contributed by atoms with E-state index in [0.717, 1.165) is 80.1 Å². The molecule has 0 saturated carbocycles. The van der Waals surface area contributed by atoms with Crippen LogP contribution in [0, 0.1) is 0 Å². The number of hydrogen-bond donors (Lipinski definition) is 1. The van der Waals surface area contributed by atoms with Crippen LogP contribution < -0.4 is 10.5 Å². The van der Waals surface area contributed by atoms with E-state index in [2.05, 4.69) is 71.8 Å². The molecule has 0 atom stereocenters. The highest BCUT2D eigenvalue weighted by Gasteiger charge is 2.22. The molecule has 6 nitrogen and oxygen atoms in total. The molecule has 0 saturated heterocycles. The van der Waals surface area contributed by atoms with Gasteiger partial charge in [-0.25, -0.2) is 4.98 Å². The van der Waals surface area contributed by atoms with Gasteiger partial charge in [0.15, 0.2) is 0 Å². The van der Waals surface area contributed by atoms with Crippen LogP contribution in [0.2, 0.25) is 0 Å². The minimum Gasteiger partial charge on any atom is -0.496 e. The number of methoxy groups -OCH3 is 1. The van der Waals surface area contributed by atoms with Gasteiger partial charge in [0.25, 0.3) is 5.91 Å². The van der Waals surface area contributed by atoms with Crippen LogP contribution in [-0.2, 0) is 19.6 Å². The molecule has 0 spiro atoms. The maximum absolute atomic E-state index is 11.8. The van der Waals surface area contributed by atoms with Gasteiger partial charge in [0.1, 0.15) is 11.6 Å². The van der Waals surface area contributed by atoms with Crippen LogP contribution in [-0.4, -0.2) is 34.0 Å². The molecule has 0 aliphatic heterocycles. The van der Waals surface area contributed by atoms with E-state index in [-0.39, 0.29) is 0 Å². The Labute approximate surface area is 232 Å². The van der Waals surface area contributed by atoms with Crippen LogP contribution in [0.3, 0.4) is 0 Å². The quantitative estimate of drug-likeness (QED) is 0.194. The maximum atomic E-state index is 11.8. The number of benzene rings is 3. The standard InChI is InChI=1S/C33H40N4O2/c1-4-6-20-36(23-25-18-19-28(32(34)38)30(22-25)39-3)24-29-31(26-14-10-8-11-15-26)35-33(37(29)21-7-5-2)27-16-12-9-13-17-27/h8-19,22H,4-7,20-21,23-24H2,1-3H3,(H2,34,38). The van der Waals surface area contributed by atoms with Crippen molar-refractivity contribution in [3.63, 3.8) is 0 Å². The summed E-state index contributed by atoms with van der Waals surface area (Å²) in [5, 5.41) is 0. The normalized spacial score (nSPS) is 11.2. The number of aromatic nitrogens is 2. The Bertz CT molecular complexity index is 1350. The maximum Gasteiger partial charge on any atom is 0.252 e. The van der Waals surface area contributed by atoms with Gasteiger partial charge in [0, 0.05) is 30.8 Å². The molecule has 204 valence electrons. The number of rotatable bonds is 14. The fourth-order valence-corrected chi connectivity index (χ4v) is 4.94. The minimum absolute atomic E-state index is 0.401. The molecule has 0 bridgehead atoms. The highest BCUT2D eigenvalue weighted by Crippen LogP contribution is 2.32. The first-order chi connectivity index (χ1) is 19.0. The van der Waals surface area contributed by atoms with Crippen LogP contribution in [0.15, 0.2) is 78.9 Å². The first kappa shape index (κ1) is 28.1. The molecule has 1 heterocycles. The Balaban J connectivity index is 1.78. The Morgan fingerprint density at radius 1 is 0.897 bits per heavy atom. The van der Waals surface area contributed by atoms with Gasteiger partial charge in [-0.15, -0.1) is 0 Å². The van der Waals surface area contributed by atoms with Crippen molar-refractivity contribution in [2.24, 2.45) is 5.73 Å². The number of carbonyl (C=O) groups is 1. The van der Waals surface area contributed by atoms with E-state index in [1.165, 1.54) is 5.69 Å². The summed E-state index contributed by atoms with van der Waals surface area (Å²) < 4.78 is 7.91. The molecule has 4 aromatic rings. The molecule has 2 N–H and O–H groups in total. The number of primary amides is 1. The molecular weight excluding hydrogens is 484 g/mol. The second kappa shape index (κ2) is 13.8. The van der Waals surface area contributed by atoms with E-state index < -0.39 is 5.91 Å². The minimum atomic E-state index is -0.484. The third kappa shape index (κ3) is 6.95. The van der Waals surface area contributed by atoms with Crippen molar-refractivity contribution < 1.29 is 9.53 Å². The van der Waals surface area contributed by atoms with E-state index in [0.29, 0.717) is 11.3 Å². The zero-order valence-corrected chi connectivity index (χ0v) is 23.4. The number of unbranched alkanes of at least 4 members (excludes halogenated alkanes) is 2.